The van der Waals surface area contributed by atoms with Gasteiger partial charge in [0.05, 0.1) is 11.4 Å². The summed E-state index contributed by atoms with van der Waals surface area (Å²) in [6.07, 6.45) is 0. The molecule has 0 bridgehead atoms. The number of benzene rings is 8. The number of fused-ring (bicyclic) bond motifs is 10. The fourth-order valence-corrected chi connectivity index (χ4v) is 11.3. The molecule has 2 aliphatic heterocycles. The molecule has 12 rings (SSSR count). The van der Waals surface area contributed by atoms with Crippen LogP contribution in [0, 0.1) is 0 Å². The first-order chi connectivity index (χ1) is 30.5. The van der Waals surface area contributed by atoms with Crippen molar-refractivity contribution in [2.45, 2.75) is 52.4 Å². The summed E-state index contributed by atoms with van der Waals surface area (Å²) in [6, 6.07) is 65.4. The predicted octanol–water partition coefficient (Wildman–Crippen LogP) is 15.4. The summed E-state index contributed by atoms with van der Waals surface area (Å²) < 4.78 is 9.95. The summed E-state index contributed by atoms with van der Waals surface area (Å²) in [6.45, 7) is 13.5. The Hall–Kier alpha value is -6.82. The highest BCUT2D eigenvalue weighted by Gasteiger charge is 2.49. The highest BCUT2D eigenvalue weighted by atomic mass is 32.1. The maximum Gasteiger partial charge on any atom is 0.375 e. The number of furan rings is 1. The summed E-state index contributed by atoms with van der Waals surface area (Å²) in [5.41, 5.74) is 18.6. The smallest absolute Gasteiger partial charge is 0.375 e. The summed E-state index contributed by atoms with van der Waals surface area (Å²) in [7, 11) is 0. The molecule has 5 heteroatoms. The van der Waals surface area contributed by atoms with E-state index in [1.165, 1.54) is 75.8 Å². The topological polar surface area (TPSA) is 19.6 Å². The molecular weight excluding hydrogens is 784 g/mol. The zero-order valence-corrected chi connectivity index (χ0v) is 37.3. The van der Waals surface area contributed by atoms with Gasteiger partial charge in [0.2, 0.25) is 0 Å². The van der Waals surface area contributed by atoms with Crippen molar-refractivity contribution >= 4 is 88.9 Å². The standard InChI is InChI=1S/C58H47BN2OS/c1-57(2,3)39-25-28-41(29-26-39)61-54-42(30-32-51-52(54)44-22-14-16-24-50(44)63-51)46-33-38(36-17-9-7-10-18-36)34-48-53(46)59(61)56-55(43-21-13-15-23-49(43)62-56)60(48)47-31-27-40(58(4,5)6)35-45(47)37-19-11-8-12-20-37/h7-35H,1-6H3. The van der Waals surface area contributed by atoms with Crippen LogP contribution < -0.4 is 20.8 Å². The van der Waals surface area contributed by atoms with E-state index in [-0.39, 0.29) is 17.7 Å². The maximum atomic E-state index is 7.38. The van der Waals surface area contributed by atoms with E-state index >= 15 is 0 Å². The van der Waals surface area contributed by atoms with Crippen LogP contribution >= 0.6 is 11.3 Å². The van der Waals surface area contributed by atoms with Gasteiger partial charge in [-0.2, -0.15) is 0 Å². The van der Waals surface area contributed by atoms with Crippen molar-refractivity contribution in [1.82, 2.24) is 0 Å². The Morgan fingerprint density at radius 1 is 0.476 bits per heavy atom. The third kappa shape index (κ3) is 5.86. The normalized spacial score (nSPS) is 13.5. The van der Waals surface area contributed by atoms with Crippen molar-refractivity contribution in [3.8, 4) is 33.4 Å². The SMILES string of the molecule is CC(C)(C)c1ccc(N2B3c4oc5ccccc5c4N(c4ccc(C(C)(C)C)cc4-c4ccccc4)c4cc(-c5ccccc5)cc(c43)-c3ccc4sc5ccccc5c4c32)cc1. The fraction of sp³-hybridized carbons (Fsp3) is 0.138. The van der Waals surface area contributed by atoms with Crippen molar-refractivity contribution in [3.63, 3.8) is 0 Å². The van der Waals surface area contributed by atoms with E-state index in [9.17, 15) is 0 Å². The molecule has 0 amide bonds. The molecule has 0 atom stereocenters. The first-order valence-electron chi connectivity index (χ1n) is 22.1. The molecule has 0 aliphatic carbocycles. The van der Waals surface area contributed by atoms with Gasteiger partial charge < -0.3 is 14.1 Å². The molecule has 8 aromatic carbocycles. The number of anilines is 5. The van der Waals surface area contributed by atoms with E-state index in [4.69, 9.17) is 4.42 Å². The quantitative estimate of drug-likeness (QED) is 0.165. The molecule has 0 radical (unpaired) electrons. The molecule has 2 aromatic heterocycles. The molecule has 3 nitrogen and oxygen atoms in total. The Morgan fingerprint density at radius 2 is 1.13 bits per heavy atom. The van der Waals surface area contributed by atoms with Gasteiger partial charge in [-0.05, 0) is 110 Å². The Balaban J connectivity index is 1.26. The van der Waals surface area contributed by atoms with E-state index in [0.717, 1.165) is 39.4 Å². The van der Waals surface area contributed by atoms with Crippen LogP contribution in [0.1, 0.15) is 52.7 Å². The van der Waals surface area contributed by atoms with Gasteiger partial charge in [0.15, 0.2) is 0 Å². The van der Waals surface area contributed by atoms with E-state index in [2.05, 4.69) is 227 Å². The van der Waals surface area contributed by atoms with Gasteiger partial charge in [0.25, 0.3) is 0 Å². The zero-order chi connectivity index (χ0) is 42.8. The van der Waals surface area contributed by atoms with Crippen molar-refractivity contribution in [2.24, 2.45) is 0 Å². The predicted molar refractivity (Wildman–Crippen MR) is 271 cm³/mol. The highest BCUT2D eigenvalue weighted by molar-refractivity contribution is 7.26. The largest absolute Gasteiger partial charge is 0.466 e. The Morgan fingerprint density at radius 3 is 1.86 bits per heavy atom. The average Bonchev–Trinajstić information content (AvgIpc) is 3.88. The minimum Gasteiger partial charge on any atom is -0.466 e. The van der Waals surface area contributed by atoms with Crippen molar-refractivity contribution < 1.29 is 4.42 Å². The lowest BCUT2D eigenvalue weighted by molar-refractivity contribution is 0.590. The van der Waals surface area contributed by atoms with Gasteiger partial charge in [-0.3, -0.25) is 0 Å². The van der Waals surface area contributed by atoms with Crippen molar-refractivity contribution in [3.05, 3.63) is 187 Å². The molecule has 4 heterocycles. The molecule has 304 valence electrons. The summed E-state index contributed by atoms with van der Waals surface area (Å²) in [4.78, 5) is 5.17. The molecule has 0 fully saturated rings. The zero-order valence-electron chi connectivity index (χ0n) is 36.5. The highest BCUT2D eigenvalue weighted by Crippen LogP contribution is 2.54. The van der Waals surface area contributed by atoms with Crippen LogP contribution in [0.25, 0.3) is 64.5 Å². The second-order valence-electron chi connectivity index (χ2n) is 19.3. The number of hydrogen-bond donors (Lipinski definition) is 0. The molecule has 0 saturated carbocycles. The van der Waals surface area contributed by atoms with Gasteiger partial charge in [0.1, 0.15) is 11.2 Å². The number of hydrogen-bond acceptors (Lipinski definition) is 4. The van der Waals surface area contributed by atoms with Crippen molar-refractivity contribution in [1.29, 1.82) is 0 Å². The summed E-state index contributed by atoms with van der Waals surface area (Å²) in [5.74, 6) is 0. The number of para-hydroxylation sites is 1. The Bertz CT molecular complexity index is 3420. The second kappa shape index (κ2) is 13.8. The van der Waals surface area contributed by atoms with Gasteiger partial charge >= 0.3 is 6.85 Å². The summed E-state index contributed by atoms with van der Waals surface area (Å²) >= 11 is 1.88. The van der Waals surface area contributed by atoms with Crippen LogP contribution in [0.3, 0.4) is 0 Å². The van der Waals surface area contributed by atoms with Crippen LogP contribution in [0.15, 0.2) is 180 Å². The number of rotatable bonds is 4. The lowest BCUT2D eigenvalue weighted by Gasteiger charge is -2.44. The first-order valence-corrected chi connectivity index (χ1v) is 22.9. The Labute approximate surface area is 374 Å². The summed E-state index contributed by atoms with van der Waals surface area (Å²) in [5, 5.41) is 3.66. The first kappa shape index (κ1) is 37.9. The van der Waals surface area contributed by atoms with Crippen LogP contribution in [0.4, 0.5) is 28.4 Å². The third-order valence-electron chi connectivity index (χ3n) is 13.4. The van der Waals surface area contributed by atoms with E-state index in [1.54, 1.807) is 0 Å². The van der Waals surface area contributed by atoms with Gasteiger partial charge in [-0.1, -0.05) is 157 Å². The molecular formula is C58H47BN2OS. The maximum absolute atomic E-state index is 7.38. The van der Waals surface area contributed by atoms with Crippen LogP contribution in [-0.2, 0) is 10.8 Å². The van der Waals surface area contributed by atoms with Crippen LogP contribution in [0.2, 0.25) is 0 Å². The van der Waals surface area contributed by atoms with Crippen LogP contribution in [0.5, 0.6) is 0 Å². The van der Waals surface area contributed by atoms with Gasteiger partial charge in [0, 0.05) is 53.7 Å². The minimum atomic E-state index is -0.273. The fourth-order valence-electron chi connectivity index (χ4n) is 10.2. The number of thiophene rings is 1. The lowest BCUT2D eigenvalue weighted by Crippen LogP contribution is -2.61. The van der Waals surface area contributed by atoms with E-state index < -0.39 is 0 Å². The minimum absolute atomic E-state index is 0.0129. The Kier molecular flexibility index (Phi) is 8.33. The molecule has 10 aromatic rings. The van der Waals surface area contributed by atoms with E-state index in [0.29, 0.717) is 0 Å². The van der Waals surface area contributed by atoms with Crippen molar-refractivity contribution in [2.75, 3.05) is 9.71 Å². The average molecular weight is 831 g/mol. The second-order valence-corrected chi connectivity index (χ2v) is 20.4. The lowest BCUT2D eigenvalue weighted by atomic mass is 9.45. The molecule has 0 spiro atoms. The molecule has 0 unspecified atom stereocenters. The molecule has 63 heavy (non-hydrogen) atoms. The van der Waals surface area contributed by atoms with Gasteiger partial charge in [-0.15, -0.1) is 11.3 Å². The molecule has 0 saturated heterocycles. The number of nitrogens with zero attached hydrogens (tertiary/aromatic N) is 2. The molecule has 2 aliphatic rings. The molecule has 0 N–H and O–H groups in total. The third-order valence-corrected chi connectivity index (χ3v) is 14.5. The van der Waals surface area contributed by atoms with Crippen LogP contribution in [-0.4, -0.2) is 6.85 Å². The monoisotopic (exact) mass is 830 g/mol. The van der Waals surface area contributed by atoms with E-state index in [1.807, 2.05) is 11.3 Å². The van der Waals surface area contributed by atoms with Gasteiger partial charge in [-0.25, -0.2) is 0 Å².